The largest absolute Gasteiger partial charge is 0.381 e. The zero-order valence-corrected chi connectivity index (χ0v) is 15.5. The molecule has 2 saturated heterocycles. The van der Waals surface area contributed by atoms with E-state index < -0.39 is 6.17 Å². The van der Waals surface area contributed by atoms with E-state index in [0.717, 1.165) is 48.6 Å². The molecule has 2 aliphatic rings. The molecule has 2 N–H and O–H groups in total. The first-order valence-corrected chi connectivity index (χ1v) is 9.76. The first kappa shape index (κ1) is 17.4. The zero-order valence-electron chi connectivity index (χ0n) is 15.5. The van der Waals surface area contributed by atoms with Gasteiger partial charge in [-0.3, -0.25) is 5.10 Å². The summed E-state index contributed by atoms with van der Waals surface area (Å²) in [5.74, 6) is 0.583. The topological polar surface area (TPSA) is 96.3 Å². The number of aromatic nitrogens is 6. The van der Waals surface area contributed by atoms with Gasteiger partial charge in [-0.05, 0) is 25.7 Å². The highest BCUT2D eigenvalue weighted by Crippen LogP contribution is 2.34. The van der Waals surface area contributed by atoms with Crippen LogP contribution in [-0.4, -0.2) is 68.3 Å². The second kappa shape index (κ2) is 7.34. The number of aromatic amines is 1. The first-order valence-electron chi connectivity index (χ1n) is 9.76. The van der Waals surface area contributed by atoms with Crippen LogP contribution in [0.3, 0.4) is 0 Å². The van der Waals surface area contributed by atoms with Crippen LogP contribution in [-0.2, 0) is 4.74 Å². The van der Waals surface area contributed by atoms with Gasteiger partial charge in [0.2, 0.25) is 5.95 Å². The van der Waals surface area contributed by atoms with E-state index in [1.165, 1.54) is 0 Å². The Labute approximate surface area is 161 Å². The van der Waals surface area contributed by atoms with Gasteiger partial charge in [0.15, 0.2) is 5.65 Å². The van der Waals surface area contributed by atoms with Gasteiger partial charge in [-0.15, -0.1) is 5.10 Å². The van der Waals surface area contributed by atoms with Crippen molar-refractivity contribution >= 4 is 17.3 Å². The number of hydrogen-bond acceptors (Lipinski definition) is 7. The van der Waals surface area contributed by atoms with Crippen LogP contribution >= 0.6 is 0 Å². The van der Waals surface area contributed by atoms with E-state index in [0.29, 0.717) is 37.9 Å². The number of rotatable bonds is 4. The number of alkyl halides is 1. The van der Waals surface area contributed by atoms with Gasteiger partial charge in [0.25, 0.3) is 0 Å². The van der Waals surface area contributed by atoms with Gasteiger partial charge in [0, 0.05) is 44.1 Å². The molecule has 0 aromatic carbocycles. The van der Waals surface area contributed by atoms with E-state index in [1.807, 2.05) is 6.20 Å². The number of anilines is 2. The first-order chi connectivity index (χ1) is 13.8. The molecule has 5 rings (SSSR count). The summed E-state index contributed by atoms with van der Waals surface area (Å²) < 4.78 is 20.8. The fraction of sp³-hybridized carbons (Fsp3) is 0.556. The molecule has 9 nitrogen and oxygen atoms in total. The van der Waals surface area contributed by atoms with Crippen molar-refractivity contribution in [1.82, 2.24) is 29.8 Å². The number of ether oxygens (including phenoxy) is 1. The van der Waals surface area contributed by atoms with Crippen LogP contribution in [0.15, 0.2) is 18.7 Å². The van der Waals surface area contributed by atoms with E-state index in [1.54, 1.807) is 17.0 Å². The van der Waals surface area contributed by atoms with Gasteiger partial charge in [-0.1, -0.05) is 0 Å². The lowest BCUT2D eigenvalue weighted by Gasteiger charge is -2.31. The summed E-state index contributed by atoms with van der Waals surface area (Å²) in [6.45, 7) is 2.76. The Morgan fingerprint density at radius 2 is 2.00 bits per heavy atom. The summed E-state index contributed by atoms with van der Waals surface area (Å²) in [4.78, 5) is 11.5. The van der Waals surface area contributed by atoms with Crippen molar-refractivity contribution in [1.29, 1.82) is 0 Å². The van der Waals surface area contributed by atoms with Crippen molar-refractivity contribution in [2.24, 2.45) is 0 Å². The van der Waals surface area contributed by atoms with Crippen LogP contribution in [0.4, 0.5) is 16.0 Å². The maximum Gasteiger partial charge on any atom is 0.243 e. The fourth-order valence-corrected chi connectivity index (χ4v) is 3.88. The predicted octanol–water partition coefficient (Wildman–Crippen LogP) is 2.04. The summed E-state index contributed by atoms with van der Waals surface area (Å²) in [5, 5.41) is 14.9. The SMILES string of the molecule is FC1CCN(c2c(-c3cn[nH]c3)ncn3nc(NC4CCOCC4)nc23)CC1. The van der Waals surface area contributed by atoms with E-state index in [-0.39, 0.29) is 0 Å². The van der Waals surface area contributed by atoms with E-state index in [2.05, 4.69) is 30.5 Å². The standard InChI is InChI=1S/C18H23FN8O/c19-13-1-5-26(6-2-13)16-15(12-9-21-22-10-12)20-11-27-17(16)24-18(25-27)23-14-3-7-28-8-4-14/h9-11,13-14H,1-8H2,(H,21,22)(H,23,25). The number of halogens is 1. The molecule has 0 aliphatic carbocycles. The van der Waals surface area contributed by atoms with E-state index in [9.17, 15) is 4.39 Å². The lowest BCUT2D eigenvalue weighted by Crippen LogP contribution is -2.35. The molecule has 3 aromatic rings. The molecule has 0 bridgehead atoms. The van der Waals surface area contributed by atoms with Crippen LogP contribution in [0.1, 0.15) is 25.7 Å². The van der Waals surface area contributed by atoms with E-state index in [4.69, 9.17) is 9.72 Å². The lowest BCUT2D eigenvalue weighted by atomic mass is 10.1. The van der Waals surface area contributed by atoms with Crippen LogP contribution < -0.4 is 10.2 Å². The molecule has 28 heavy (non-hydrogen) atoms. The molecule has 0 spiro atoms. The molecular weight excluding hydrogens is 363 g/mol. The third-order valence-electron chi connectivity index (χ3n) is 5.43. The minimum atomic E-state index is -0.745. The highest BCUT2D eigenvalue weighted by molar-refractivity contribution is 5.85. The summed E-state index contributed by atoms with van der Waals surface area (Å²) in [7, 11) is 0. The number of nitrogens with one attached hydrogen (secondary N) is 2. The summed E-state index contributed by atoms with van der Waals surface area (Å²) in [5.41, 5.74) is 3.26. The number of nitrogens with zero attached hydrogens (tertiary/aromatic N) is 6. The van der Waals surface area contributed by atoms with Crippen molar-refractivity contribution in [2.75, 3.05) is 36.5 Å². The van der Waals surface area contributed by atoms with E-state index >= 15 is 0 Å². The summed E-state index contributed by atoms with van der Waals surface area (Å²) in [6.07, 6.45) is 7.36. The molecule has 0 radical (unpaired) electrons. The molecule has 0 atom stereocenters. The average Bonchev–Trinajstić information content (AvgIpc) is 3.38. The predicted molar refractivity (Wildman–Crippen MR) is 102 cm³/mol. The smallest absolute Gasteiger partial charge is 0.243 e. The molecule has 148 valence electrons. The van der Waals surface area contributed by atoms with Crippen molar-refractivity contribution in [3.63, 3.8) is 0 Å². The number of fused-ring (bicyclic) bond motifs is 1. The van der Waals surface area contributed by atoms with Crippen molar-refractivity contribution < 1.29 is 9.13 Å². The summed E-state index contributed by atoms with van der Waals surface area (Å²) >= 11 is 0. The van der Waals surface area contributed by atoms with Gasteiger partial charge < -0.3 is 15.0 Å². The Bertz CT molecular complexity index is 929. The van der Waals surface area contributed by atoms with Crippen LogP contribution in [0, 0.1) is 0 Å². The Kier molecular flexibility index (Phi) is 4.55. The third kappa shape index (κ3) is 3.28. The normalized spacial score (nSPS) is 19.4. The molecular formula is C18H23FN8O. The minimum absolute atomic E-state index is 0.304. The summed E-state index contributed by atoms with van der Waals surface area (Å²) in [6, 6.07) is 0.304. The Balaban J connectivity index is 1.54. The molecule has 0 unspecified atom stereocenters. The van der Waals surface area contributed by atoms with Crippen LogP contribution in [0.5, 0.6) is 0 Å². The van der Waals surface area contributed by atoms with Gasteiger partial charge in [-0.2, -0.15) is 14.6 Å². The Hall–Kier alpha value is -2.75. The molecule has 2 fully saturated rings. The molecule has 2 aliphatic heterocycles. The molecule has 0 saturated carbocycles. The van der Waals surface area contributed by atoms with Crippen molar-refractivity contribution in [3.8, 4) is 11.3 Å². The monoisotopic (exact) mass is 386 g/mol. The zero-order chi connectivity index (χ0) is 18.9. The maximum atomic E-state index is 13.7. The minimum Gasteiger partial charge on any atom is -0.381 e. The average molecular weight is 386 g/mol. The highest BCUT2D eigenvalue weighted by atomic mass is 19.1. The van der Waals surface area contributed by atoms with Gasteiger partial charge in [0.1, 0.15) is 23.9 Å². The maximum absolute atomic E-state index is 13.7. The second-order valence-electron chi connectivity index (χ2n) is 7.33. The number of piperidine rings is 1. The highest BCUT2D eigenvalue weighted by Gasteiger charge is 2.26. The number of H-pyrrole nitrogens is 1. The molecule has 5 heterocycles. The van der Waals surface area contributed by atoms with Crippen molar-refractivity contribution in [2.45, 2.75) is 37.9 Å². The second-order valence-corrected chi connectivity index (χ2v) is 7.33. The Morgan fingerprint density at radius 1 is 1.18 bits per heavy atom. The molecule has 3 aromatic heterocycles. The van der Waals surface area contributed by atoms with Crippen molar-refractivity contribution in [3.05, 3.63) is 18.7 Å². The van der Waals surface area contributed by atoms with Crippen LogP contribution in [0.2, 0.25) is 0 Å². The van der Waals surface area contributed by atoms with Gasteiger partial charge in [-0.25, -0.2) is 9.37 Å². The Morgan fingerprint density at radius 3 is 2.75 bits per heavy atom. The fourth-order valence-electron chi connectivity index (χ4n) is 3.88. The number of hydrogen-bond donors (Lipinski definition) is 2. The van der Waals surface area contributed by atoms with Gasteiger partial charge in [0.05, 0.1) is 6.20 Å². The van der Waals surface area contributed by atoms with Crippen LogP contribution in [0.25, 0.3) is 16.9 Å². The lowest BCUT2D eigenvalue weighted by molar-refractivity contribution is 0.0903. The molecule has 10 heteroatoms. The quantitative estimate of drug-likeness (QED) is 0.708. The molecule has 0 amide bonds. The third-order valence-corrected chi connectivity index (χ3v) is 5.43. The van der Waals surface area contributed by atoms with Gasteiger partial charge >= 0.3 is 0 Å².